The molecule has 0 aromatic carbocycles. The van der Waals surface area contributed by atoms with Crippen molar-refractivity contribution >= 4 is 29.3 Å². The maximum Gasteiger partial charge on any atom is 0.249 e. The first kappa shape index (κ1) is 15.1. The second-order valence-electron chi connectivity index (χ2n) is 3.75. The highest BCUT2D eigenvalue weighted by Gasteiger charge is 2.30. The molecule has 0 spiro atoms. The summed E-state index contributed by atoms with van der Waals surface area (Å²) in [6.07, 6.45) is -0.241. The number of hydrogen-bond donors (Lipinski definition) is 0. The summed E-state index contributed by atoms with van der Waals surface area (Å²) in [4.78, 5) is 12.7. The first-order valence-electron chi connectivity index (χ1n) is 4.70. The predicted octanol–water partition coefficient (Wildman–Crippen LogP) is 2.54. The van der Waals surface area contributed by atoms with Crippen molar-refractivity contribution in [2.24, 2.45) is 5.92 Å². The molecule has 15 heavy (non-hydrogen) atoms. The summed E-state index contributed by atoms with van der Waals surface area (Å²) in [6.45, 7) is 0.512. The van der Waals surface area contributed by atoms with Crippen molar-refractivity contribution in [1.82, 2.24) is 4.90 Å². The fraction of sp³-hybridized carbons (Fsp3) is 0.889. The summed E-state index contributed by atoms with van der Waals surface area (Å²) in [5.74, 6) is -1.31. The molecule has 6 heteroatoms. The molecule has 0 aromatic heterocycles. The van der Waals surface area contributed by atoms with Gasteiger partial charge in [-0.05, 0) is 44.5 Å². The molecule has 1 fully saturated rings. The van der Waals surface area contributed by atoms with Crippen LogP contribution < -0.4 is 0 Å². The van der Waals surface area contributed by atoms with E-state index in [-0.39, 0.29) is 18.8 Å². The van der Waals surface area contributed by atoms with E-state index in [1.165, 1.54) is 0 Å². The SMILES string of the molecule is CN(CC[C@@H](C(=O)Cl)C(F)F)C1CC1.Cl. The van der Waals surface area contributed by atoms with E-state index in [4.69, 9.17) is 11.6 Å². The molecule has 0 radical (unpaired) electrons. The molecule has 0 bridgehead atoms. The standard InChI is InChI=1S/C9H14ClF2NO.ClH/c1-13(6-2-3-6)5-4-7(8(10)14)9(11)12;/h6-7,9H,2-5H2,1H3;1H/t7-;/m0./s1. The minimum Gasteiger partial charge on any atom is -0.303 e. The first-order valence-corrected chi connectivity index (χ1v) is 5.08. The lowest BCUT2D eigenvalue weighted by Crippen LogP contribution is -2.28. The minimum atomic E-state index is -2.65. The molecule has 1 aliphatic carbocycles. The molecular weight excluding hydrogens is 247 g/mol. The van der Waals surface area contributed by atoms with Crippen molar-refractivity contribution in [3.05, 3.63) is 0 Å². The Labute approximate surface area is 99.4 Å². The lowest BCUT2D eigenvalue weighted by atomic mass is 10.1. The average Bonchev–Trinajstić information content (AvgIpc) is 2.84. The van der Waals surface area contributed by atoms with Crippen LogP contribution in [0.3, 0.4) is 0 Å². The molecule has 1 rings (SSSR count). The summed E-state index contributed by atoms with van der Waals surface area (Å²) in [7, 11) is 1.89. The molecule has 1 saturated carbocycles. The van der Waals surface area contributed by atoms with Gasteiger partial charge in [-0.3, -0.25) is 4.79 Å². The Kier molecular flexibility index (Phi) is 6.64. The first-order chi connectivity index (χ1) is 6.52. The number of hydrogen-bond acceptors (Lipinski definition) is 2. The van der Waals surface area contributed by atoms with E-state index < -0.39 is 17.6 Å². The van der Waals surface area contributed by atoms with Gasteiger partial charge in [0.05, 0.1) is 5.92 Å². The van der Waals surface area contributed by atoms with E-state index in [0.717, 1.165) is 12.8 Å². The number of carbonyl (C=O) groups is 1. The molecule has 0 N–H and O–H groups in total. The third kappa shape index (κ3) is 5.09. The second kappa shape index (κ2) is 6.61. The molecule has 0 aromatic rings. The van der Waals surface area contributed by atoms with Crippen LogP contribution in [0, 0.1) is 5.92 Å². The highest BCUT2D eigenvalue weighted by atomic mass is 35.5. The van der Waals surface area contributed by atoms with Gasteiger partial charge in [-0.25, -0.2) is 8.78 Å². The number of carbonyl (C=O) groups excluding carboxylic acids is 1. The maximum absolute atomic E-state index is 12.3. The van der Waals surface area contributed by atoms with E-state index >= 15 is 0 Å². The van der Waals surface area contributed by atoms with Crippen LogP contribution >= 0.6 is 24.0 Å². The van der Waals surface area contributed by atoms with Gasteiger partial charge in [-0.1, -0.05) is 0 Å². The Morgan fingerprint density at radius 1 is 1.53 bits per heavy atom. The lowest BCUT2D eigenvalue weighted by Gasteiger charge is -2.18. The highest BCUT2D eigenvalue weighted by molar-refractivity contribution is 6.64. The fourth-order valence-electron chi connectivity index (χ4n) is 1.38. The van der Waals surface area contributed by atoms with Gasteiger partial charge in [0, 0.05) is 6.04 Å². The van der Waals surface area contributed by atoms with Crippen LogP contribution in [0.4, 0.5) is 8.78 Å². The van der Waals surface area contributed by atoms with E-state index in [9.17, 15) is 13.6 Å². The smallest absolute Gasteiger partial charge is 0.249 e. The molecule has 0 saturated heterocycles. The second-order valence-corrected chi connectivity index (χ2v) is 4.12. The average molecular weight is 262 g/mol. The Hall–Kier alpha value is 0.0700. The summed E-state index contributed by atoms with van der Waals surface area (Å²) in [6, 6.07) is 0.527. The topological polar surface area (TPSA) is 20.3 Å². The number of nitrogens with zero attached hydrogens (tertiary/aromatic N) is 1. The van der Waals surface area contributed by atoms with E-state index in [2.05, 4.69) is 0 Å². The zero-order valence-electron chi connectivity index (χ0n) is 8.46. The Bertz CT molecular complexity index is 212. The van der Waals surface area contributed by atoms with E-state index in [1.807, 2.05) is 11.9 Å². The van der Waals surface area contributed by atoms with E-state index in [1.54, 1.807) is 0 Å². The summed E-state index contributed by atoms with van der Waals surface area (Å²) in [5.41, 5.74) is 0. The van der Waals surface area contributed by atoms with Crippen LogP contribution in [0.5, 0.6) is 0 Å². The van der Waals surface area contributed by atoms with Crippen molar-refractivity contribution < 1.29 is 13.6 Å². The number of halogens is 4. The zero-order valence-corrected chi connectivity index (χ0v) is 10.0. The molecule has 90 valence electrons. The van der Waals surface area contributed by atoms with E-state index in [0.29, 0.717) is 12.6 Å². The largest absolute Gasteiger partial charge is 0.303 e. The van der Waals surface area contributed by atoms with Crippen LogP contribution in [0.15, 0.2) is 0 Å². The van der Waals surface area contributed by atoms with Gasteiger partial charge < -0.3 is 4.90 Å². The van der Waals surface area contributed by atoms with Crippen molar-refractivity contribution in [2.75, 3.05) is 13.6 Å². The predicted molar refractivity (Wildman–Crippen MR) is 57.9 cm³/mol. The minimum absolute atomic E-state index is 0. The molecule has 1 aliphatic rings. The van der Waals surface area contributed by atoms with Crippen molar-refractivity contribution in [2.45, 2.75) is 31.7 Å². The molecule has 0 heterocycles. The van der Waals surface area contributed by atoms with Gasteiger partial charge in [0.2, 0.25) is 11.7 Å². The summed E-state index contributed by atoms with van der Waals surface area (Å²) < 4.78 is 24.6. The Morgan fingerprint density at radius 2 is 2.07 bits per heavy atom. The quantitative estimate of drug-likeness (QED) is 0.685. The highest BCUT2D eigenvalue weighted by Crippen LogP contribution is 2.26. The normalized spacial score (nSPS) is 17.7. The molecule has 1 atom stereocenters. The summed E-state index contributed by atoms with van der Waals surface area (Å²) in [5, 5.41) is -0.927. The third-order valence-corrected chi connectivity index (χ3v) is 2.84. The van der Waals surface area contributed by atoms with Crippen LogP contribution in [-0.2, 0) is 4.79 Å². The fourth-order valence-corrected chi connectivity index (χ4v) is 1.58. The van der Waals surface area contributed by atoms with Crippen LogP contribution in [0.25, 0.3) is 0 Å². The monoisotopic (exact) mass is 261 g/mol. The lowest BCUT2D eigenvalue weighted by molar-refractivity contribution is -0.120. The van der Waals surface area contributed by atoms with Crippen LogP contribution in [-0.4, -0.2) is 36.2 Å². The van der Waals surface area contributed by atoms with Gasteiger partial charge in [-0.2, -0.15) is 0 Å². The number of rotatable bonds is 6. The maximum atomic E-state index is 12.3. The van der Waals surface area contributed by atoms with Gasteiger partial charge >= 0.3 is 0 Å². The zero-order chi connectivity index (χ0) is 10.7. The van der Waals surface area contributed by atoms with Crippen LogP contribution in [0.2, 0.25) is 0 Å². The van der Waals surface area contributed by atoms with Crippen LogP contribution in [0.1, 0.15) is 19.3 Å². The molecule has 0 unspecified atom stereocenters. The molecular formula is C9H15Cl2F2NO. The van der Waals surface area contributed by atoms with Gasteiger partial charge in [-0.15, -0.1) is 12.4 Å². The Morgan fingerprint density at radius 3 is 2.40 bits per heavy atom. The third-order valence-electron chi connectivity index (χ3n) is 2.56. The molecule has 0 amide bonds. The molecule has 2 nitrogen and oxygen atoms in total. The Balaban J connectivity index is 0.00000196. The molecule has 0 aliphatic heterocycles. The van der Waals surface area contributed by atoms with Crippen molar-refractivity contribution in [1.29, 1.82) is 0 Å². The number of alkyl halides is 2. The van der Waals surface area contributed by atoms with Crippen molar-refractivity contribution in [3.8, 4) is 0 Å². The summed E-state index contributed by atoms with van der Waals surface area (Å²) >= 11 is 5.08. The van der Waals surface area contributed by atoms with Gasteiger partial charge in [0.25, 0.3) is 0 Å². The van der Waals surface area contributed by atoms with Gasteiger partial charge in [0.15, 0.2) is 0 Å². The van der Waals surface area contributed by atoms with Crippen molar-refractivity contribution in [3.63, 3.8) is 0 Å². The van der Waals surface area contributed by atoms with Gasteiger partial charge in [0.1, 0.15) is 0 Å².